The third-order valence-corrected chi connectivity index (χ3v) is 11.4. The first kappa shape index (κ1) is 67.7. The van der Waals surface area contributed by atoms with E-state index in [9.17, 15) is 63.3 Å². The van der Waals surface area contributed by atoms with E-state index in [4.69, 9.17) is 24.1 Å². The lowest BCUT2D eigenvalue weighted by Crippen LogP contribution is -2.45. The number of hydrogen-bond acceptors (Lipinski definition) is 14. The molecule has 0 fully saturated rings. The summed E-state index contributed by atoms with van der Waals surface area (Å²) < 4.78 is 21.1. The highest BCUT2D eigenvalue weighted by Gasteiger charge is 2.26. The molecule has 0 bridgehead atoms. The molecule has 0 rings (SSSR count). The number of ketones is 1. The molecule has 0 radical (unpaired) electrons. The van der Waals surface area contributed by atoms with Gasteiger partial charge in [0, 0.05) is 51.1 Å². The van der Waals surface area contributed by atoms with E-state index in [1.165, 1.54) is 38.5 Å². The fourth-order valence-corrected chi connectivity index (χ4v) is 7.04. The molecule has 23 heteroatoms. The van der Waals surface area contributed by atoms with Crippen molar-refractivity contribution in [2.24, 2.45) is 5.92 Å². The van der Waals surface area contributed by atoms with E-state index in [-0.39, 0.29) is 116 Å². The van der Waals surface area contributed by atoms with Crippen molar-refractivity contribution in [3.8, 4) is 0 Å². The van der Waals surface area contributed by atoms with Crippen LogP contribution in [-0.4, -0.2) is 164 Å². The molecule has 73 heavy (non-hydrogen) atoms. The summed E-state index contributed by atoms with van der Waals surface area (Å²) in [6, 6.07) is -4.41. The topological polar surface area (TPSA) is 349 Å². The summed E-state index contributed by atoms with van der Waals surface area (Å²) in [5, 5.41) is 49.6. The average Bonchev–Trinajstić information content (AvgIpc) is 3.33. The SMILES string of the molecule is CC(C)C(=O)COCCOCCNC(=O)COCCOCCNC(=O)CC[C@H](NC(=O)CC[C@H](NC(=O)CC[C@H](NC(=O)CCCCCCCCCCCCCCCCCCC(=O)O)C(=O)O)C(=O)O)C(=O)O. The van der Waals surface area contributed by atoms with Gasteiger partial charge in [0.15, 0.2) is 5.78 Å². The number of carbonyl (C=O) groups is 10. The Morgan fingerprint density at radius 2 is 0.671 bits per heavy atom. The van der Waals surface area contributed by atoms with E-state index in [0.717, 1.165) is 57.8 Å². The monoisotopic (exact) mass is 1050 g/mol. The Bertz CT molecular complexity index is 1620. The minimum atomic E-state index is -1.56. The molecule has 0 aromatic carbocycles. The van der Waals surface area contributed by atoms with Crippen molar-refractivity contribution in [3.63, 3.8) is 0 Å². The van der Waals surface area contributed by atoms with Crippen LogP contribution in [-0.2, 0) is 66.9 Å². The van der Waals surface area contributed by atoms with E-state index < -0.39 is 84.9 Å². The summed E-state index contributed by atoms with van der Waals surface area (Å²) in [6.07, 6.45) is 15.1. The van der Waals surface area contributed by atoms with Crippen LogP contribution < -0.4 is 26.6 Å². The molecule has 0 aliphatic heterocycles. The Balaban J connectivity index is 4.20. The van der Waals surface area contributed by atoms with Gasteiger partial charge in [-0.15, -0.1) is 0 Å². The molecule has 5 amide bonds. The molecule has 0 saturated heterocycles. The van der Waals surface area contributed by atoms with Crippen LogP contribution in [0.5, 0.6) is 0 Å². The number of hydrogen-bond donors (Lipinski definition) is 9. The molecule has 0 spiro atoms. The van der Waals surface area contributed by atoms with Crippen molar-refractivity contribution in [3.05, 3.63) is 0 Å². The predicted molar refractivity (Wildman–Crippen MR) is 266 cm³/mol. The first-order valence-electron chi connectivity index (χ1n) is 26.1. The highest BCUT2D eigenvalue weighted by molar-refractivity contribution is 5.87. The lowest BCUT2D eigenvalue weighted by molar-refractivity contribution is -0.144. The average molecular weight is 1050 g/mol. The Labute approximate surface area is 430 Å². The number of unbranched alkanes of at least 4 members (excludes halogenated alkanes) is 15. The maximum Gasteiger partial charge on any atom is 0.326 e. The molecule has 0 aliphatic rings. The van der Waals surface area contributed by atoms with Gasteiger partial charge in [-0.1, -0.05) is 104 Å². The fraction of sp³-hybridized carbons (Fsp3) is 0.800. The number of carboxylic acid groups (broad SMARTS) is 4. The zero-order valence-corrected chi connectivity index (χ0v) is 43.4. The molecule has 23 nitrogen and oxygen atoms in total. The quantitative estimate of drug-likeness (QED) is 0.0392. The number of ether oxygens (including phenoxy) is 4. The number of rotatable bonds is 51. The highest BCUT2D eigenvalue weighted by atomic mass is 16.5. The second-order valence-corrected chi connectivity index (χ2v) is 18.2. The van der Waals surface area contributed by atoms with Crippen LogP contribution >= 0.6 is 0 Å². The van der Waals surface area contributed by atoms with Crippen LogP contribution in [0.2, 0.25) is 0 Å². The lowest BCUT2D eigenvalue weighted by Gasteiger charge is -2.18. The first-order chi connectivity index (χ1) is 34.9. The molecule has 0 aliphatic carbocycles. The van der Waals surface area contributed by atoms with Gasteiger partial charge in [0.1, 0.15) is 31.3 Å². The zero-order valence-electron chi connectivity index (χ0n) is 43.4. The maximum atomic E-state index is 12.6. The van der Waals surface area contributed by atoms with Crippen LogP contribution in [0.1, 0.15) is 168 Å². The minimum absolute atomic E-state index is 0.00863. The molecular formula is C50H87N5O18. The Hall–Kier alpha value is -5.26. The molecule has 420 valence electrons. The van der Waals surface area contributed by atoms with Crippen LogP contribution in [0.25, 0.3) is 0 Å². The van der Waals surface area contributed by atoms with Crippen molar-refractivity contribution >= 4 is 59.2 Å². The number of Topliss-reactive ketones (excluding diaryl/α,β-unsaturated/α-hetero) is 1. The van der Waals surface area contributed by atoms with E-state index in [1.807, 2.05) is 0 Å². The maximum absolute atomic E-state index is 12.6. The number of carbonyl (C=O) groups excluding carboxylic acids is 6. The molecule has 0 unspecified atom stereocenters. The zero-order chi connectivity index (χ0) is 54.5. The van der Waals surface area contributed by atoms with Crippen molar-refractivity contribution in [2.45, 2.75) is 186 Å². The van der Waals surface area contributed by atoms with Gasteiger partial charge < -0.3 is 66.0 Å². The Morgan fingerprint density at radius 1 is 0.356 bits per heavy atom. The largest absolute Gasteiger partial charge is 0.481 e. The van der Waals surface area contributed by atoms with Crippen LogP contribution in [0.3, 0.4) is 0 Å². The van der Waals surface area contributed by atoms with Gasteiger partial charge in [-0.05, 0) is 32.1 Å². The molecular weight excluding hydrogens is 959 g/mol. The van der Waals surface area contributed by atoms with Gasteiger partial charge in [-0.25, -0.2) is 14.4 Å². The van der Waals surface area contributed by atoms with E-state index in [2.05, 4.69) is 26.6 Å². The smallest absolute Gasteiger partial charge is 0.326 e. The van der Waals surface area contributed by atoms with Gasteiger partial charge in [0.05, 0.1) is 39.6 Å². The third-order valence-electron chi connectivity index (χ3n) is 11.4. The number of carboxylic acids is 4. The molecule has 9 N–H and O–H groups in total. The van der Waals surface area contributed by atoms with Crippen molar-refractivity contribution in [1.29, 1.82) is 0 Å². The van der Waals surface area contributed by atoms with Crippen molar-refractivity contribution < 1.29 is 87.3 Å². The number of aliphatic carboxylic acids is 4. The third kappa shape index (κ3) is 42.9. The van der Waals surface area contributed by atoms with E-state index >= 15 is 0 Å². The minimum Gasteiger partial charge on any atom is -0.481 e. The summed E-state index contributed by atoms with van der Waals surface area (Å²) in [5.41, 5.74) is 0. The summed E-state index contributed by atoms with van der Waals surface area (Å²) in [7, 11) is 0. The highest BCUT2D eigenvalue weighted by Crippen LogP contribution is 2.15. The number of amides is 5. The summed E-state index contributed by atoms with van der Waals surface area (Å²) in [6.45, 7) is 4.90. The van der Waals surface area contributed by atoms with E-state index in [1.54, 1.807) is 13.8 Å². The lowest BCUT2D eigenvalue weighted by atomic mass is 10.0. The molecule has 3 atom stereocenters. The molecule has 0 aromatic heterocycles. The predicted octanol–water partition coefficient (Wildman–Crippen LogP) is 3.67. The van der Waals surface area contributed by atoms with Gasteiger partial charge in [-0.3, -0.25) is 33.6 Å². The molecule has 0 heterocycles. The van der Waals surface area contributed by atoms with Gasteiger partial charge in [-0.2, -0.15) is 0 Å². The van der Waals surface area contributed by atoms with Crippen LogP contribution in [0.4, 0.5) is 0 Å². The number of nitrogens with one attached hydrogen (secondary N) is 5. The standard InChI is InChI=1S/C50H87N5O18/c1-37(2)41(56)35-72-33-31-71-30-28-52-46(61)36-73-34-32-70-29-27-51-42(57)24-21-38(48(64)65)54-44(59)26-23-40(50(68)69)55-45(60)25-22-39(49(66)67)53-43(58)19-17-15-13-11-9-7-5-3-4-6-8-10-12-14-16-18-20-47(62)63/h37-40H,3-36H2,1-2H3,(H,51,57)(H,52,61)(H,53,58)(H,54,59)(H,55,60)(H,62,63)(H,64,65)(H,66,67)(H,68,69)/t38-,39-,40-/m0/s1. The van der Waals surface area contributed by atoms with Crippen LogP contribution in [0, 0.1) is 5.92 Å². The van der Waals surface area contributed by atoms with Gasteiger partial charge in [0.2, 0.25) is 29.5 Å². The Kier molecular flexibility index (Phi) is 42.1. The molecule has 0 aromatic rings. The van der Waals surface area contributed by atoms with E-state index in [0.29, 0.717) is 6.42 Å². The second-order valence-electron chi connectivity index (χ2n) is 18.2. The first-order valence-corrected chi connectivity index (χ1v) is 26.1. The van der Waals surface area contributed by atoms with Crippen molar-refractivity contribution in [1.82, 2.24) is 26.6 Å². The summed E-state index contributed by atoms with van der Waals surface area (Å²) in [4.78, 5) is 119. The second kappa shape index (κ2) is 45.4. The van der Waals surface area contributed by atoms with Gasteiger partial charge in [0.25, 0.3) is 0 Å². The summed E-state index contributed by atoms with van der Waals surface area (Å²) >= 11 is 0. The van der Waals surface area contributed by atoms with Gasteiger partial charge >= 0.3 is 23.9 Å². The normalized spacial score (nSPS) is 12.3. The Morgan fingerprint density at radius 3 is 1.04 bits per heavy atom. The summed E-state index contributed by atoms with van der Waals surface area (Å²) in [5.74, 6) is -8.08. The fourth-order valence-electron chi connectivity index (χ4n) is 7.04. The van der Waals surface area contributed by atoms with Crippen molar-refractivity contribution in [2.75, 3.05) is 65.9 Å². The van der Waals surface area contributed by atoms with Crippen LogP contribution in [0.15, 0.2) is 0 Å². The molecule has 0 saturated carbocycles.